The predicted molar refractivity (Wildman–Crippen MR) is 39.4 cm³/mol. The SMILES string of the molecule is CN1S(C)(O)OS1(N)O. The van der Waals surface area contributed by atoms with Crippen LogP contribution in [-0.4, -0.2) is 26.1 Å². The zero-order valence-corrected chi connectivity index (χ0v) is 6.78. The van der Waals surface area contributed by atoms with Crippen molar-refractivity contribution < 1.29 is 12.7 Å². The molecule has 4 N–H and O–H groups in total. The standard InChI is InChI=1S/C2H10N2O3S2/c1-4-8(2,5)7-9(4,3)6/h5-6H,3H2,1-2H3. The van der Waals surface area contributed by atoms with E-state index < -0.39 is 21.7 Å². The molecule has 0 amide bonds. The van der Waals surface area contributed by atoms with Gasteiger partial charge in [0.05, 0.1) is 0 Å². The van der Waals surface area contributed by atoms with E-state index in [0.717, 1.165) is 0 Å². The van der Waals surface area contributed by atoms with Gasteiger partial charge in [-0.15, -0.1) is 3.63 Å². The summed E-state index contributed by atoms with van der Waals surface area (Å²) in [5, 5.41) is 5.14. The van der Waals surface area contributed by atoms with Crippen molar-refractivity contribution in [2.45, 2.75) is 0 Å². The van der Waals surface area contributed by atoms with E-state index in [2.05, 4.69) is 3.63 Å². The maximum absolute atomic E-state index is 9.09. The molecule has 58 valence electrons. The molecule has 1 saturated heterocycles. The second-order valence-electron chi connectivity index (χ2n) is 1.81. The smallest absolute Gasteiger partial charge is 0.0459 e. The fraction of sp³-hybridized carbons (Fsp3) is 1.00. The summed E-state index contributed by atoms with van der Waals surface area (Å²) in [6.07, 6.45) is 1.49. The van der Waals surface area contributed by atoms with Crippen LogP contribution in [0.2, 0.25) is 0 Å². The quantitative estimate of drug-likeness (QED) is 0.503. The van der Waals surface area contributed by atoms with Crippen molar-refractivity contribution in [3.63, 3.8) is 0 Å². The fourth-order valence-corrected chi connectivity index (χ4v) is 4.08. The number of hydrogen-bond donors (Lipinski definition) is 3. The third-order valence-corrected chi connectivity index (χ3v) is 6.07. The largest absolute Gasteiger partial charge is 0.283 e. The molecule has 7 heteroatoms. The average molecular weight is 174 g/mol. The number of rotatable bonds is 0. The minimum absolute atomic E-state index is 1.26. The summed E-state index contributed by atoms with van der Waals surface area (Å²) in [6, 6.07) is 0. The molecule has 0 aromatic rings. The van der Waals surface area contributed by atoms with Gasteiger partial charge < -0.3 is 0 Å². The van der Waals surface area contributed by atoms with Crippen LogP contribution in [0.5, 0.6) is 0 Å². The Balaban J connectivity index is 2.62. The molecular weight excluding hydrogens is 164 g/mol. The second kappa shape index (κ2) is 1.76. The van der Waals surface area contributed by atoms with Crippen molar-refractivity contribution >= 4 is 21.7 Å². The first-order chi connectivity index (χ1) is 3.86. The second-order valence-corrected chi connectivity index (χ2v) is 6.28. The average Bonchev–Trinajstić information content (AvgIpc) is 1.63. The predicted octanol–water partition coefficient (Wildman–Crippen LogP) is 0.667. The molecule has 1 aliphatic rings. The van der Waals surface area contributed by atoms with Crippen molar-refractivity contribution in [2.75, 3.05) is 13.3 Å². The summed E-state index contributed by atoms with van der Waals surface area (Å²) in [5.41, 5.74) is 0. The van der Waals surface area contributed by atoms with Crippen LogP contribution in [0, 0.1) is 0 Å². The molecule has 0 radical (unpaired) electrons. The Kier molecular flexibility index (Phi) is 1.48. The normalized spacial score (nSPS) is 67.2. The minimum Gasteiger partial charge on any atom is -0.283 e. The van der Waals surface area contributed by atoms with E-state index in [1.54, 1.807) is 0 Å². The van der Waals surface area contributed by atoms with Gasteiger partial charge in [0.2, 0.25) is 0 Å². The van der Waals surface area contributed by atoms with Gasteiger partial charge in [-0.25, -0.2) is 5.14 Å². The molecule has 1 aliphatic heterocycles. The highest BCUT2D eigenvalue weighted by Gasteiger charge is 2.44. The lowest BCUT2D eigenvalue weighted by Gasteiger charge is -2.62. The van der Waals surface area contributed by atoms with Gasteiger partial charge in [0, 0.05) is 13.3 Å². The van der Waals surface area contributed by atoms with Crippen LogP contribution in [0.15, 0.2) is 0 Å². The third kappa shape index (κ3) is 1.05. The molecule has 0 aromatic carbocycles. The highest BCUT2D eigenvalue weighted by atomic mass is 32.4. The molecule has 2 atom stereocenters. The lowest BCUT2D eigenvalue weighted by Crippen LogP contribution is -2.44. The fourth-order valence-electron chi connectivity index (χ4n) is 0.453. The van der Waals surface area contributed by atoms with Crippen LogP contribution in [-0.2, 0) is 3.63 Å². The summed E-state index contributed by atoms with van der Waals surface area (Å²) < 4.78 is 23.9. The molecule has 0 spiro atoms. The number of nitrogens with two attached hydrogens (primary N) is 1. The van der Waals surface area contributed by atoms with Gasteiger partial charge in [-0.05, 0) is 11.0 Å². The van der Waals surface area contributed by atoms with E-state index in [4.69, 9.17) is 14.2 Å². The van der Waals surface area contributed by atoms with Crippen LogP contribution < -0.4 is 5.14 Å². The van der Waals surface area contributed by atoms with Crippen molar-refractivity contribution in [3.05, 3.63) is 0 Å². The summed E-state index contributed by atoms with van der Waals surface area (Å²) in [6.45, 7) is 0. The highest BCUT2D eigenvalue weighted by molar-refractivity contribution is 8.47. The van der Waals surface area contributed by atoms with Gasteiger partial charge in [0.25, 0.3) is 0 Å². The molecule has 9 heavy (non-hydrogen) atoms. The van der Waals surface area contributed by atoms with Crippen LogP contribution in [0.4, 0.5) is 0 Å². The molecule has 1 heterocycles. The third-order valence-electron chi connectivity index (χ3n) is 1.07. The molecule has 0 saturated carbocycles. The van der Waals surface area contributed by atoms with Crippen LogP contribution in [0.3, 0.4) is 0 Å². The molecule has 1 fully saturated rings. The summed E-state index contributed by atoms with van der Waals surface area (Å²) >= 11 is 0. The Morgan fingerprint density at radius 2 is 2.00 bits per heavy atom. The molecular formula is C2H10N2O3S2. The van der Waals surface area contributed by atoms with Gasteiger partial charge in [0.1, 0.15) is 0 Å². The lowest BCUT2D eigenvalue weighted by atomic mass is 11.6. The Bertz CT molecular complexity index is 124. The molecule has 0 aromatic heterocycles. The first-order valence-electron chi connectivity index (χ1n) is 2.15. The summed E-state index contributed by atoms with van der Waals surface area (Å²) in [4.78, 5) is 0. The van der Waals surface area contributed by atoms with Gasteiger partial charge in [-0.2, -0.15) is 0 Å². The maximum atomic E-state index is 9.09. The lowest BCUT2D eigenvalue weighted by molar-refractivity contribution is 0.359. The van der Waals surface area contributed by atoms with Crippen LogP contribution in [0.1, 0.15) is 0 Å². The number of nitrogens with zero attached hydrogens (tertiary/aromatic N) is 1. The van der Waals surface area contributed by atoms with E-state index in [1.165, 1.54) is 17.0 Å². The maximum Gasteiger partial charge on any atom is 0.0459 e. The topological polar surface area (TPSA) is 79.0 Å². The molecule has 0 bridgehead atoms. The van der Waals surface area contributed by atoms with E-state index in [0.29, 0.717) is 0 Å². The van der Waals surface area contributed by atoms with Gasteiger partial charge >= 0.3 is 0 Å². The van der Waals surface area contributed by atoms with Crippen molar-refractivity contribution in [2.24, 2.45) is 5.14 Å². The Hall–Kier alpha value is 0.500. The molecule has 0 aliphatic carbocycles. The van der Waals surface area contributed by atoms with Crippen molar-refractivity contribution in [1.29, 1.82) is 0 Å². The van der Waals surface area contributed by atoms with Gasteiger partial charge in [-0.3, -0.25) is 9.11 Å². The Morgan fingerprint density at radius 3 is 2.00 bits per heavy atom. The van der Waals surface area contributed by atoms with E-state index in [9.17, 15) is 0 Å². The monoisotopic (exact) mass is 174 g/mol. The molecule has 2 unspecified atom stereocenters. The first-order valence-corrected chi connectivity index (χ1v) is 5.57. The molecule has 1 rings (SSSR count). The van der Waals surface area contributed by atoms with Gasteiger partial charge in [0.15, 0.2) is 0 Å². The van der Waals surface area contributed by atoms with E-state index in [-0.39, 0.29) is 0 Å². The zero-order valence-electron chi connectivity index (χ0n) is 5.14. The highest BCUT2D eigenvalue weighted by Crippen LogP contribution is 2.74. The van der Waals surface area contributed by atoms with Gasteiger partial charge in [-0.1, -0.05) is 14.5 Å². The Labute approximate surface area is 57.3 Å². The zero-order chi connectivity index (χ0) is 7.28. The van der Waals surface area contributed by atoms with Crippen molar-refractivity contribution in [3.8, 4) is 0 Å². The van der Waals surface area contributed by atoms with E-state index in [1.807, 2.05) is 0 Å². The molecule has 5 nitrogen and oxygen atoms in total. The summed E-state index contributed by atoms with van der Waals surface area (Å²) in [7, 11) is -3.20. The van der Waals surface area contributed by atoms with Crippen LogP contribution >= 0.6 is 21.7 Å². The first kappa shape index (κ1) is 7.61. The van der Waals surface area contributed by atoms with E-state index >= 15 is 0 Å². The minimum atomic E-state index is -2.55. The number of hydrogen-bond acceptors (Lipinski definition) is 5. The van der Waals surface area contributed by atoms with Crippen molar-refractivity contribution in [1.82, 2.24) is 3.71 Å². The van der Waals surface area contributed by atoms with Crippen LogP contribution in [0.25, 0.3) is 0 Å². The Morgan fingerprint density at radius 1 is 1.56 bits per heavy atom. The summed E-state index contributed by atoms with van der Waals surface area (Å²) in [5.74, 6) is 0.